The van der Waals surface area contributed by atoms with Crippen molar-refractivity contribution in [2.24, 2.45) is 0 Å². The summed E-state index contributed by atoms with van der Waals surface area (Å²) in [5, 5.41) is 3.01. The second-order valence-electron chi connectivity index (χ2n) is 8.25. The van der Waals surface area contributed by atoms with Gasteiger partial charge in [-0.2, -0.15) is 0 Å². The molecule has 0 atom stereocenters. The zero-order valence-electron chi connectivity index (χ0n) is 16.6. The molecule has 0 bridgehead atoms. The van der Waals surface area contributed by atoms with Gasteiger partial charge in [-0.1, -0.05) is 45.0 Å². The van der Waals surface area contributed by atoms with Crippen LogP contribution in [0, 0.1) is 0 Å². The molecule has 0 aromatic heterocycles. The lowest BCUT2D eigenvalue weighted by molar-refractivity contribution is -0.118. The van der Waals surface area contributed by atoms with Gasteiger partial charge >= 0.3 is 0 Å². The van der Waals surface area contributed by atoms with Gasteiger partial charge in [0.25, 0.3) is 5.91 Å². The maximum atomic E-state index is 12.5. The fraction of sp³-hybridized carbons (Fsp3) is 0.391. The maximum absolute atomic E-state index is 12.5. The van der Waals surface area contributed by atoms with Gasteiger partial charge in [-0.05, 0) is 53.1 Å². The normalized spacial score (nSPS) is 14.1. The molecule has 1 N–H and O–H groups in total. The van der Waals surface area contributed by atoms with Crippen LogP contribution in [0.5, 0.6) is 0 Å². The smallest absolute Gasteiger partial charge is 0.251 e. The van der Waals surface area contributed by atoms with Gasteiger partial charge in [0.1, 0.15) is 0 Å². The molecule has 4 heteroatoms. The summed E-state index contributed by atoms with van der Waals surface area (Å²) < 4.78 is 0. The summed E-state index contributed by atoms with van der Waals surface area (Å²) in [6.07, 6.45) is 2.00. The molecule has 0 radical (unpaired) electrons. The van der Waals surface area contributed by atoms with Gasteiger partial charge in [0.2, 0.25) is 5.91 Å². The number of hydrogen-bond acceptors (Lipinski definition) is 2. The molecule has 2 aromatic rings. The first-order valence-electron chi connectivity index (χ1n) is 9.53. The highest BCUT2D eigenvalue weighted by molar-refractivity contribution is 5.98. The van der Waals surface area contributed by atoms with E-state index in [2.05, 4.69) is 50.4 Å². The molecule has 0 aliphatic carbocycles. The maximum Gasteiger partial charge on any atom is 0.251 e. The van der Waals surface area contributed by atoms with Gasteiger partial charge in [-0.25, -0.2) is 0 Å². The van der Waals surface area contributed by atoms with E-state index >= 15 is 0 Å². The van der Waals surface area contributed by atoms with E-state index < -0.39 is 0 Å². The molecular weight excluding hydrogens is 336 g/mol. The molecule has 3 rings (SSSR count). The number of hydrogen-bond donors (Lipinski definition) is 1. The second-order valence-corrected chi connectivity index (χ2v) is 8.25. The van der Waals surface area contributed by atoms with Crippen LogP contribution in [0.3, 0.4) is 0 Å². The number of carbonyl (C=O) groups is 2. The fourth-order valence-corrected chi connectivity index (χ4v) is 3.41. The quantitative estimate of drug-likeness (QED) is 0.895. The van der Waals surface area contributed by atoms with E-state index in [1.165, 1.54) is 11.1 Å². The Morgan fingerprint density at radius 1 is 1.11 bits per heavy atom. The summed E-state index contributed by atoms with van der Waals surface area (Å²) in [6, 6.07) is 14.1. The van der Waals surface area contributed by atoms with Gasteiger partial charge in [0.15, 0.2) is 0 Å². The zero-order valence-corrected chi connectivity index (χ0v) is 16.6. The van der Waals surface area contributed by atoms with Gasteiger partial charge in [0.05, 0.1) is 0 Å². The molecule has 0 saturated carbocycles. The van der Waals surface area contributed by atoms with E-state index in [1.807, 2.05) is 12.1 Å². The van der Waals surface area contributed by atoms with Crippen LogP contribution in [0.25, 0.3) is 0 Å². The van der Waals surface area contributed by atoms with Crippen molar-refractivity contribution in [3.05, 3.63) is 64.7 Å². The first-order valence-corrected chi connectivity index (χ1v) is 9.53. The molecule has 1 aliphatic heterocycles. The average molecular weight is 364 g/mol. The summed E-state index contributed by atoms with van der Waals surface area (Å²) in [6.45, 7) is 7.21. The van der Waals surface area contributed by atoms with Gasteiger partial charge in [0, 0.05) is 31.3 Å². The van der Waals surface area contributed by atoms with Gasteiger partial charge in [-0.15, -0.1) is 0 Å². The highest BCUT2D eigenvalue weighted by Crippen LogP contribution is 2.27. The molecule has 27 heavy (non-hydrogen) atoms. The fourth-order valence-electron chi connectivity index (χ4n) is 3.41. The predicted octanol–water partition coefficient (Wildman–Crippen LogP) is 3.87. The Morgan fingerprint density at radius 2 is 1.89 bits per heavy atom. The number of amides is 2. The number of rotatable bonds is 4. The highest BCUT2D eigenvalue weighted by atomic mass is 16.2. The topological polar surface area (TPSA) is 49.4 Å². The van der Waals surface area contributed by atoms with E-state index in [0.29, 0.717) is 24.9 Å². The Bertz CT molecular complexity index is 865. The first kappa shape index (κ1) is 19.2. The molecule has 1 heterocycles. The van der Waals surface area contributed by atoms with Gasteiger partial charge < -0.3 is 10.2 Å². The van der Waals surface area contributed by atoms with Crippen molar-refractivity contribution in [2.75, 3.05) is 18.5 Å². The SMILES string of the molecule is CN1C(=O)CCc2cc(C(=O)NCCc3cccc(C(C)(C)C)c3)ccc21. The van der Waals surface area contributed by atoms with Crippen LogP contribution < -0.4 is 10.2 Å². The first-order chi connectivity index (χ1) is 12.8. The number of benzene rings is 2. The molecule has 4 nitrogen and oxygen atoms in total. The Kier molecular flexibility index (Phi) is 5.36. The molecule has 0 fully saturated rings. The number of aryl methyl sites for hydroxylation is 1. The van der Waals surface area contributed by atoms with Crippen LogP contribution in [-0.4, -0.2) is 25.4 Å². The molecule has 0 unspecified atom stereocenters. The summed E-state index contributed by atoms with van der Waals surface area (Å²) in [5.41, 5.74) is 5.27. The Hall–Kier alpha value is -2.62. The third kappa shape index (κ3) is 4.38. The molecule has 0 saturated heterocycles. The third-order valence-electron chi connectivity index (χ3n) is 5.18. The summed E-state index contributed by atoms with van der Waals surface area (Å²) in [5.74, 6) is 0.0570. The van der Waals surface area contributed by atoms with Crippen molar-refractivity contribution >= 4 is 17.5 Å². The predicted molar refractivity (Wildman–Crippen MR) is 109 cm³/mol. The summed E-state index contributed by atoms with van der Waals surface area (Å²) in [4.78, 5) is 26.0. The average Bonchev–Trinajstić information content (AvgIpc) is 2.64. The molecular formula is C23H28N2O2. The van der Waals surface area contributed by atoms with Crippen LogP contribution in [0.15, 0.2) is 42.5 Å². The highest BCUT2D eigenvalue weighted by Gasteiger charge is 2.21. The van der Waals surface area contributed by atoms with Crippen LogP contribution in [0.1, 0.15) is 54.2 Å². The molecule has 0 spiro atoms. The summed E-state index contributed by atoms with van der Waals surface area (Å²) >= 11 is 0. The molecule has 1 aliphatic rings. The zero-order chi connectivity index (χ0) is 19.6. The van der Waals surface area contributed by atoms with Crippen molar-refractivity contribution in [2.45, 2.75) is 45.4 Å². The number of fused-ring (bicyclic) bond motifs is 1. The standard InChI is InChI=1S/C23H28N2O2/c1-23(2,3)19-7-5-6-16(14-19)12-13-24-22(27)18-8-10-20-17(15-18)9-11-21(26)25(20)4/h5-8,10,14-15H,9,11-13H2,1-4H3,(H,24,27). The number of nitrogens with one attached hydrogen (secondary N) is 1. The second kappa shape index (κ2) is 7.55. The lowest BCUT2D eigenvalue weighted by atomic mass is 9.86. The van der Waals surface area contributed by atoms with E-state index in [9.17, 15) is 9.59 Å². The van der Waals surface area contributed by atoms with Crippen LogP contribution in [0.2, 0.25) is 0 Å². The van der Waals surface area contributed by atoms with Crippen molar-refractivity contribution in [3.8, 4) is 0 Å². The lowest BCUT2D eigenvalue weighted by Gasteiger charge is -2.26. The number of nitrogens with zero attached hydrogens (tertiary/aromatic N) is 1. The van der Waals surface area contributed by atoms with Crippen LogP contribution in [0.4, 0.5) is 5.69 Å². The van der Waals surface area contributed by atoms with Crippen LogP contribution >= 0.6 is 0 Å². The van der Waals surface area contributed by atoms with Crippen molar-refractivity contribution in [3.63, 3.8) is 0 Å². The van der Waals surface area contributed by atoms with Crippen molar-refractivity contribution in [1.82, 2.24) is 5.32 Å². The molecule has 2 amide bonds. The van der Waals surface area contributed by atoms with Crippen LogP contribution in [-0.2, 0) is 23.1 Å². The van der Waals surface area contributed by atoms with Crippen molar-refractivity contribution < 1.29 is 9.59 Å². The minimum Gasteiger partial charge on any atom is -0.352 e. The van der Waals surface area contributed by atoms with Crippen molar-refractivity contribution in [1.29, 1.82) is 0 Å². The molecule has 142 valence electrons. The number of anilines is 1. The van der Waals surface area contributed by atoms with E-state index in [0.717, 1.165) is 17.7 Å². The van der Waals surface area contributed by atoms with E-state index in [1.54, 1.807) is 18.0 Å². The van der Waals surface area contributed by atoms with E-state index in [-0.39, 0.29) is 17.2 Å². The minimum atomic E-state index is -0.0654. The number of carbonyl (C=O) groups excluding carboxylic acids is 2. The summed E-state index contributed by atoms with van der Waals surface area (Å²) in [7, 11) is 1.78. The Morgan fingerprint density at radius 3 is 2.63 bits per heavy atom. The largest absolute Gasteiger partial charge is 0.352 e. The Balaban J connectivity index is 1.61. The lowest BCUT2D eigenvalue weighted by Crippen LogP contribution is -2.31. The Labute approximate surface area is 161 Å². The third-order valence-corrected chi connectivity index (χ3v) is 5.18. The van der Waals surface area contributed by atoms with Gasteiger partial charge in [-0.3, -0.25) is 9.59 Å². The minimum absolute atomic E-state index is 0.0654. The van der Waals surface area contributed by atoms with E-state index in [4.69, 9.17) is 0 Å². The monoisotopic (exact) mass is 364 g/mol. The molecule has 2 aromatic carbocycles.